The van der Waals surface area contributed by atoms with Gasteiger partial charge in [0.25, 0.3) is 0 Å². The van der Waals surface area contributed by atoms with E-state index in [0.29, 0.717) is 0 Å². The molecule has 0 bridgehead atoms. The molecular formula is C36H25N5. The van der Waals surface area contributed by atoms with Crippen molar-refractivity contribution in [1.29, 1.82) is 0 Å². The zero-order valence-electron chi connectivity index (χ0n) is 22.4. The van der Waals surface area contributed by atoms with E-state index in [1.54, 1.807) is 0 Å². The van der Waals surface area contributed by atoms with E-state index in [1.165, 1.54) is 49.0 Å². The fourth-order valence-corrected chi connectivity index (χ4v) is 6.60. The van der Waals surface area contributed by atoms with Gasteiger partial charge in [-0.3, -0.25) is 4.57 Å². The first-order valence-corrected chi connectivity index (χ1v) is 13.9. The summed E-state index contributed by atoms with van der Waals surface area (Å²) in [5.74, 6) is 0.896. The minimum atomic E-state index is 0.896. The second-order valence-corrected chi connectivity index (χ2v) is 10.7. The van der Waals surface area contributed by atoms with E-state index in [1.807, 2.05) is 24.0 Å². The van der Waals surface area contributed by atoms with E-state index < -0.39 is 0 Å². The molecule has 0 aliphatic carbocycles. The van der Waals surface area contributed by atoms with E-state index in [9.17, 15) is 0 Å². The average molecular weight is 528 g/mol. The van der Waals surface area contributed by atoms with Gasteiger partial charge in [-0.05, 0) is 48.5 Å². The first-order chi connectivity index (χ1) is 20.3. The van der Waals surface area contributed by atoms with Crippen molar-refractivity contribution < 1.29 is 0 Å². The van der Waals surface area contributed by atoms with Gasteiger partial charge in [-0.1, -0.05) is 66.7 Å². The van der Waals surface area contributed by atoms with Gasteiger partial charge in [0.05, 0.1) is 27.6 Å². The minimum absolute atomic E-state index is 0.896. The lowest BCUT2D eigenvalue weighted by Gasteiger charge is -2.12. The maximum Gasteiger partial charge on any atom is 0.213 e. The summed E-state index contributed by atoms with van der Waals surface area (Å²) in [6.07, 6.45) is 5.92. The summed E-state index contributed by atoms with van der Waals surface area (Å²) in [7, 11) is 2.03. The SMILES string of the molecule is Cn1ccnc1-n1ccc2ccc(-n3c4ccccc4c4ccc(-n5c6ccccc6c6ccccc65)cc43)cc21. The summed E-state index contributed by atoms with van der Waals surface area (Å²) >= 11 is 0. The van der Waals surface area contributed by atoms with Crippen molar-refractivity contribution in [3.05, 3.63) is 134 Å². The topological polar surface area (TPSA) is 32.6 Å². The molecule has 4 aromatic heterocycles. The van der Waals surface area contributed by atoms with Crippen LogP contribution in [0.2, 0.25) is 0 Å². The summed E-state index contributed by atoms with van der Waals surface area (Å²) in [6.45, 7) is 0. The van der Waals surface area contributed by atoms with Gasteiger partial charge in [-0.2, -0.15) is 0 Å². The van der Waals surface area contributed by atoms with Gasteiger partial charge in [-0.25, -0.2) is 4.98 Å². The van der Waals surface area contributed by atoms with E-state index in [2.05, 4.69) is 140 Å². The van der Waals surface area contributed by atoms with Crippen molar-refractivity contribution in [3.8, 4) is 17.3 Å². The van der Waals surface area contributed by atoms with E-state index in [0.717, 1.165) is 22.8 Å². The van der Waals surface area contributed by atoms with Gasteiger partial charge in [0, 0.05) is 63.9 Å². The van der Waals surface area contributed by atoms with Crippen LogP contribution in [0.3, 0.4) is 0 Å². The van der Waals surface area contributed by atoms with Crippen LogP contribution < -0.4 is 0 Å². The third kappa shape index (κ3) is 3.08. The second-order valence-electron chi connectivity index (χ2n) is 10.7. The van der Waals surface area contributed by atoms with Gasteiger partial charge in [0.1, 0.15) is 0 Å². The number of para-hydroxylation sites is 3. The zero-order valence-corrected chi connectivity index (χ0v) is 22.4. The molecule has 41 heavy (non-hydrogen) atoms. The largest absolute Gasteiger partial charge is 0.320 e. The standard InChI is InChI=1S/C36H25N5/c1-38-21-19-37-36(38)39-20-18-24-14-15-25(22-34(24)39)41-33-13-7-4-10-29(33)30-17-16-26(23-35(30)41)40-31-11-5-2-8-27(31)28-9-3-6-12-32(28)40/h2-23H,1H3. The highest BCUT2D eigenvalue weighted by Crippen LogP contribution is 2.37. The molecule has 5 heteroatoms. The summed E-state index contributed by atoms with van der Waals surface area (Å²) in [6, 6.07) is 41.8. The molecule has 0 aliphatic rings. The Morgan fingerprint density at radius 3 is 1.63 bits per heavy atom. The van der Waals surface area contributed by atoms with E-state index in [-0.39, 0.29) is 0 Å². The third-order valence-electron chi connectivity index (χ3n) is 8.44. The molecule has 0 aliphatic heterocycles. The number of aryl methyl sites for hydroxylation is 1. The molecule has 0 radical (unpaired) electrons. The monoisotopic (exact) mass is 527 g/mol. The molecule has 194 valence electrons. The van der Waals surface area contributed by atoms with Gasteiger partial charge in [0.15, 0.2) is 0 Å². The minimum Gasteiger partial charge on any atom is -0.320 e. The lowest BCUT2D eigenvalue weighted by atomic mass is 10.1. The Balaban J connectivity index is 1.35. The number of benzene rings is 5. The van der Waals surface area contributed by atoms with Gasteiger partial charge < -0.3 is 13.7 Å². The van der Waals surface area contributed by atoms with Gasteiger partial charge >= 0.3 is 0 Å². The molecule has 5 aromatic carbocycles. The molecule has 0 atom stereocenters. The molecule has 0 amide bonds. The number of imidazole rings is 1. The maximum absolute atomic E-state index is 4.61. The van der Waals surface area contributed by atoms with Crippen LogP contribution in [0, 0.1) is 0 Å². The Hall–Kier alpha value is -5.55. The fraction of sp³-hybridized carbons (Fsp3) is 0.0278. The Kier molecular flexibility index (Phi) is 4.47. The molecule has 4 heterocycles. The van der Waals surface area contributed by atoms with Crippen LogP contribution >= 0.6 is 0 Å². The van der Waals surface area contributed by atoms with Crippen LogP contribution in [-0.2, 0) is 7.05 Å². The number of hydrogen-bond donors (Lipinski definition) is 0. The summed E-state index contributed by atoms with van der Waals surface area (Å²) in [4.78, 5) is 4.61. The normalized spacial score (nSPS) is 12.0. The van der Waals surface area contributed by atoms with Crippen molar-refractivity contribution in [1.82, 2.24) is 23.3 Å². The summed E-state index contributed by atoms with van der Waals surface area (Å²) in [5, 5.41) is 6.21. The molecule has 0 saturated carbocycles. The first-order valence-electron chi connectivity index (χ1n) is 13.9. The van der Waals surface area contributed by atoms with Crippen molar-refractivity contribution in [2.24, 2.45) is 7.05 Å². The Morgan fingerprint density at radius 2 is 1.02 bits per heavy atom. The molecule has 9 aromatic rings. The van der Waals surface area contributed by atoms with Crippen molar-refractivity contribution in [3.63, 3.8) is 0 Å². The molecule has 0 unspecified atom stereocenters. The maximum atomic E-state index is 4.61. The third-order valence-corrected chi connectivity index (χ3v) is 8.44. The van der Waals surface area contributed by atoms with Crippen LogP contribution in [0.15, 0.2) is 134 Å². The number of nitrogens with zero attached hydrogens (tertiary/aromatic N) is 5. The summed E-state index contributed by atoms with van der Waals surface area (Å²) in [5.41, 5.74) is 8.20. The van der Waals surface area contributed by atoms with E-state index >= 15 is 0 Å². The van der Waals surface area contributed by atoms with Crippen LogP contribution in [0.1, 0.15) is 0 Å². The molecule has 0 fully saturated rings. The Bertz CT molecular complexity index is 2390. The average Bonchev–Trinajstić information content (AvgIpc) is 3.78. The highest BCUT2D eigenvalue weighted by atomic mass is 15.2. The molecule has 0 spiro atoms. The number of hydrogen-bond acceptors (Lipinski definition) is 1. The molecule has 9 rings (SSSR count). The molecular weight excluding hydrogens is 502 g/mol. The molecule has 0 saturated heterocycles. The predicted molar refractivity (Wildman–Crippen MR) is 169 cm³/mol. The predicted octanol–water partition coefficient (Wildman–Crippen LogP) is 8.56. The quantitative estimate of drug-likeness (QED) is 0.227. The summed E-state index contributed by atoms with van der Waals surface area (Å²) < 4.78 is 9.00. The van der Waals surface area contributed by atoms with Crippen LogP contribution in [-0.4, -0.2) is 23.3 Å². The molecule has 0 N–H and O–H groups in total. The lowest BCUT2D eigenvalue weighted by molar-refractivity contribution is 0.835. The van der Waals surface area contributed by atoms with Gasteiger partial charge in [-0.15, -0.1) is 0 Å². The van der Waals surface area contributed by atoms with Crippen molar-refractivity contribution >= 4 is 54.5 Å². The Labute approximate surface area is 235 Å². The van der Waals surface area contributed by atoms with E-state index in [4.69, 9.17) is 0 Å². The first kappa shape index (κ1) is 22.3. The number of aromatic nitrogens is 5. The molecule has 5 nitrogen and oxygen atoms in total. The zero-order chi connectivity index (χ0) is 27.1. The number of fused-ring (bicyclic) bond motifs is 7. The lowest BCUT2D eigenvalue weighted by Crippen LogP contribution is -2.02. The second kappa shape index (κ2) is 8.23. The van der Waals surface area contributed by atoms with Crippen LogP contribution in [0.5, 0.6) is 0 Å². The smallest absolute Gasteiger partial charge is 0.213 e. The van der Waals surface area contributed by atoms with Crippen molar-refractivity contribution in [2.75, 3.05) is 0 Å². The van der Waals surface area contributed by atoms with Crippen LogP contribution in [0.4, 0.5) is 0 Å². The van der Waals surface area contributed by atoms with Crippen molar-refractivity contribution in [2.45, 2.75) is 0 Å². The highest BCUT2D eigenvalue weighted by Gasteiger charge is 2.17. The fourth-order valence-electron chi connectivity index (χ4n) is 6.60. The van der Waals surface area contributed by atoms with Gasteiger partial charge in [0.2, 0.25) is 5.95 Å². The Morgan fingerprint density at radius 1 is 0.488 bits per heavy atom. The number of rotatable bonds is 3. The van der Waals surface area contributed by atoms with Crippen LogP contribution in [0.25, 0.3) is 71.8 Å². The highest BCUT2D eigenvalue weighted by molar-refractivity contribution is 6.12.